The second-order valence-corrected chi connectivity index (χ2v) is 5.90. The molecular formula is C14H28N2. The van der Waals surface area contributed by atoms with Gasteiger partial charge in [0.1, 0.15) is 0 Å². The molecule has 2 fully saturated rings. The topological polar surface area (TPSA) is 29.3 Å². The zero-order valence-corrected chi connectivity index (χ0v) is 10.8. The van der Waals surface area contributed by atoms with E-state index >= 15 is 0 Å². The minimum absolute atomic E-state index is 0.747. The lowest BCUT2D eigenvalue weighted by atomic mass is 9.86. The highest BCUT2D eigenvalue weighted by atomic mass is 15.2. The van der Waals surface area contributed by atoms with Crippen molar-refractivity contribution >= 4 is 0 Å². The van der Waals surface area contributed by atoms with Gasteiger partial charge >= 0.3 is 0 Å². The molecular weight excluding hydrogens is 196 g/mol. The summed E-state index contributed by atoms with van der Waals surface area (Å²) in [4.78, 5) is 2.75. The van der Waals surface area contributed by atoms with Crippen LogP contribution in [0.15, 0.2) is 0 Å². The van der Waals surface area contributed by atoms with Crippen molar-refractivity contribution in [2.75, 3.05) is 19.6 Å². The fourth-order valence-electron chi connectivity index (χ4n) is 3.44. The number of nitrogens with zero attached hydrogens (tertiary/aromatic N) is 1. The van der Waals surface area contributed by atoms with Gasteiger partial charge < -0.3 is 10.6 Å². The van der Waals surface area contributed by atoms with Crippen LogP contribution in [0.3, 0.4) is 0 Å². The molecule has 2 atom stereocenters. The van der Waals surface area contributed by atoms with Gasteiger partial charge in [0, 0.05) is 12.6 Å². The average molecular weight is 224 g/mol. The minimum atomic E-state index is 0.747. The second-order valence-electron chi connectivity index (χ2n) is 5.90. The highest BCUT2D eigenvalue weighted by molar-refractivity contribution is 4.83. The van der Waals surface area contributed by atoms with E-state index in [4.69, 9.17) is 5.73 Å². The van der Waals surface area contributed by atoms with Crippen LogP contribution in [-0.4, -0.2) is 30.6 Å². The number of rotatable bonds is 2. The lowest BCUT2D eigenvalue weighted by Crippen LogP contribution is -2.47. The first-order valence-corrected chi connectivity index (χ1v) is 7.25. The molecule has 1 aliphatic heterocycles. The standard InChI is InChI=1S/C14H28N2/c1-12-8-9-16(11-13(12)10-15)14-6-4-2-3-5-7-14/h12-14H,2-11,15H2,1H3. The van der Waals surface area contributed by atoms with Gasteiger partial charge in [0.05, 0.1) is 0 Å². The summed E-state index contributed by atoms with van der Waals surface area (Å²) < 4.78 is 0. The summed E-state index contributed by atoms with van der Waals surface area (Å²) >= 11 is 0. The molecule has 1 heterocycles. The summed E-state index contributed by atoms with van der Waals surface area (Å²) in [6.45, 7) is 5.84. The fraction of sp³-hybridized carbons (Fsp3) is 1.00. The summed E-state index contributed by atoms with van der Waals surface area (Å²) in [5, 5.41) is 0. The number of hydrogen-bond donors (Lipinski definition) is 1. The molecule has 0 amide bonds. The zero-order valence-electron chi connectivity index (χ0n) is 10.8. The van der Waals surface area contributed by atoms with Crippen LogP contribution in [0.2, 0.25) is 0 Å². The van der Waals surface area contributed by atoms with E-state index in [0.29, 0.717) is 0 Å². The Kier molecular flexibility index (Phi) is 4.66. The molecule has 0 spiro atoms. The summed E-state index contributed by atoms with van der Waals surface area (Å²) in [7, 11) is 0. The highest BCUT2D eigenvalue weighted by Gasteiger charge is 2.29. The van der Waals surface area contributed by atoms with Crippen molar-refractivity contribution < 1.29 is 0 Å². The van der Waals surface area contributed by atoms with E-state index in [0.717, 1.165) is 24.4 Å². The van der Waals surface area contributed by atoms with Crippen LogP contribution in [0.1, 0.15) is 51.9 Å². The zero-order chi connectivity index (χ0) is 11.4. The first-order chi connectivity index (χ1) is 7.81. The predicted molar refractivity (Wildman–Crippen MR) is 69.4 cm³/mol. The van der Waals surface area contributed by atoms with Gasteiger partial charge in [0.15, 0.2) is 0 Å². The Morgan fingerprint density at radius 2 is 1.75 bits per heavy atom. The molecule has 0 aromatic carbocycles. The van der Waals surface area contributed by atoms with Gasteiger partial charge in [-0.2, -0.15) is 0 Å². The van der Waals surface area contributed by atoms with Crippen LogP contribution < -0.4 is 5.73 Å². The van der Waals surface area contributed by atoms with Gasteiger partial charge in [0.25, 0.3) is 0 Å². The van der Waals surface area contributed by atoms with Gasteiger partial charge in [-0.05, 0) is 44.2 Å². The van der Waals surface area contributed by atoms with E-state index in [-0.39, 0.29) is 0 Å². The maximum Gasteiger partial charge on any atom is 0.00953 e. The molecule has 2 rings (SSSR count). The summed E-state index contributed by atoms with van der Waals surface area (Å²) in [5.41, 5.74) is 5.89. The highest BCUT2D eigenvalue weighted by Crippen LogP contribution is 2.28. The van der Waals surface area contributed by atoms with Crippen molar-refractivity contribution in [1.29, 1.82) is 0 Å². The first-order valence-electron chi connectivity index (χ1n) is 7.25. The minimum Gasteiger partial charge on any atom is -0.330 e. The van der Waals surface area contributed by atoms with Crippen molar-refractivity contribution in [2.24, 2.45) is 17.6 Å². The van der Waals surface area contributed by atoms with Crippen molar-refractivity contribution in [2.45, 2.75) is 57.9 Å². The molecule has 1 saturated heterocycles. The van der Waals surface area contributed by atoms with Crippen molar-refractivity contribution in [3.05, 3.63) is 0 Å². The number of hydrogen-bond acceptors (Lipinski definition) is 2. The molecule has 0 aromatic rings. The maximum absolute atomic E-state index is 5.89. The molecule has 1 saturated carbocycles. The average Bonchev–Trinajstić information content (AvgIpc) is 2.58. The molecule has 0 bridgehead atoms. The molecule has 2 aliphatic rings. The molecule has 2 unspecified atom stereocenters. The Labute approximate surface area is 101 Å². The summed E-state index contributed by atoms with van der Waals surface area (Å²) in [6.07, 6.45) is 10.0. The SMILES string of the molecule is CC1CCN(C2CCCCCC2)CC1CN. The van der Waals surface area contributed by atoms with E-state index in [1.54, 1.807) is 0 Å². The maximum atomic E-state index is 5.89. The van der Waals surface area contributed by atoms with Crippen LogP contribution in [-0.2, 0) is 0 Å². The Morgan fingerprint density at radius 3 is 2.38 bits per heavy atom. The Morgan fingerprint density at radius 1 is 1.06 bits per heavy atom. The molecule has 2 heteroatoms. The molecule has 2 N–H and O–H groups in total. The molecule has 0 radical (unpaired) electrons. The number of piperidine rings is 1. The summed E-state index contributed by atoms with van der Waals surface area (Å²) in [6, 6.07) is 0.879. The van der Waals surface area contributed by atoms with E-state index in [1.165, 1.54) is 58.0 Å². The van der Waals surface area contributed by atoms with Crippen molar-refractivity contribution in [1.82, 2.24) is 4.90 Å². The van der Waals surface area contributed by atoms with Crippen molar-refractivity contribution in [3.63, 3.8) is 0 Å². The van der Waals surface area contributed by atoms with Gasteiger partial charge in [0.2, 0.25) is 0 Å². The van der Waals surface area contributed by atoms with E-state index in [2.05, 4.69) is 11.8 Å². The van der Waals surface area contributed by atoms with Gasteiger partial charge in [-0.3, -0.25) is 0 Å². The van der Waals surface area contributed by atoms with E-state index in [9.17, 15) is 0 Å². The van der Waals surface area contributed by atoms with E-state index < -0.39 is 0 Å². The Balaban J connectivity index is 1.88. The van der Waals surface area contributed by atoms with Gasteiger partial charge in [-0.15, -0.1) is 0 Å². The Bertz CT molecular complexity index is 197. The molecule has 94 valence electrons. The van der Waals surface area contributed by atoms with Crippen LogP contribution in [0, 0.1) is 11.8 Å². The third-order valence-corrected chi connectivity index (χ3v) is 4.79. The van der Waals surface area contributed by atoms with Crippen molar-refractivity contribution in [3.8, 4) is 0 Å². The van der Waals surface area contributed by atoms with Gasteiger partial charge in [-0.1, -0.05) is 32.6 Å². The van der Waals surface area contributed by atoms with Crippen LogP contribution in [0.5, 0.6) is 0 Å². The number of nitrogens with two attached hydrogens (primary N) is 1. The van der Waals surface area contributed by atoms with Crippen LogP contribution >= 0.6 is 0 Å². The smallest absolute Gasteiger partial charge is 0.00953 e. The quantitative estimate of drug-likeness (QED) is 0.731. The molecule has 0 aromatic heterocycles. The summed E-state index contributed by atoms with van der Waals surface area (Å²) in [5.74, 6) is 1.59. The molecule has 2 nitrogen and oxygen atoms in total. The third kappa shape index (κ3) is 2.98. The lowest BCUT2D eigenvalue weighted by Gasteiger charge is -2.41. The van der Waals surface area contributed by atoms with Crippen LogP contribution in [0.25, 0.3) is 0 Å². The first kappa shape index (κ1) is 12.4. The predicted octanol–water partition coefficient (Wildman–Crippen LogP) is 2.63. The van der Waals surface area contributed by atoms with Gasteiger partial charge in [-0.25, -0.2) is 0 Å². The molecule has 1 aliphatic carbocycles. The van der Waals surface area contributed by atoms with Crippen LogP contribution in [0.4, 0.5) is 0 Å². The normalized spacial score (nSPS) is 34.9. The van der Waals surface area contributed by atoms with E-state index in [1.807, 2.05) is 0 Å². The second kappa shape index (κ2) is 6.02. The fourth-order valence-corrected chi connectivity index (χ4v) is 3.44. The monoisotopic (exact) mass is 224 g/mol. The number of likely N-dealkylation sites (tertiary alicyclic amines) is 1. The third-order valence-electron chi connectivity index (χ3n) is 4.79. The Hall–Kier alpha value is -0.0800. The molecule has 16 heavy (non-hydrogen) atoms. The lowest BCUT2D eigenvalue weighted by molar-refractivity contribution is 0.0835. The largest absolute Gasteiger partial charge is 0.330 e.